The van der Waals surface area contributed by atoms with E-state index in [1.165, 1.54) is 0 Å². The van der Waals surface area contributed by atoms with E-state index in [0.717, 1.165) is 17.9 Å². The Bertz CT molecular complexity index is 346. The molecular weight excluding hydrogens is 246 g/mol. The van der Waals surface area contributed by atoms with Crippen LogP contribution < -0.4 is 10.1 Å². The summed E-state index contributed by atoms with van der Waals surface area (Å²) in [5.74, 6) is 0.753. The molecule has 108 valence electrons. The van der Waals surface area contributed by atoms with E-state index in [2.05, 4.69) is 5.32 Å². The molecule has 1 aromatic rings. The second-order valence-corrected chi connectivity index (χ2v) is 4.21. The smallest absolute Gasteiger partial charge is 0.119 e. The van der Waals surface area contributed by atoms with Gasteiger partial charge in [-0.3, -0.25) is 0 Å². The third-order valence-corrected chi connectivity index (χ3v) is 2.46. The van der Waals surface area contributed by atoms with Gasteiger partial charge in [-0.05, 0) is 24.7 Å². The van der Waals surface area contributed by atoms with E-state index >= 15 is 0 Å². The lowest BCUT2D eigenvalue weighted by molar-refractivity contribution is -0.00420. The Labute approximate surface area is 114 Å². The molecule has 0 fully saturated rings. The molecule has 0 saturated carbocycles. The molecule has 19 heavy (non-hydrogen) atoms. The fraction of sp³-hybridized carbons (Fsp3) is 0.571. The summed E-state index contributed by atoms with van der Waals surface area (Å²) in [4.78, 5) is 0. The Hall–Kier alpha value is -1.14. The SMILES string of the molecule is CNCc1cccc(OCC(O)COCCOC)c1. The molecule has 0 aromatic heterocycles. The fourth-order valence-electron chi connectivity index (χ4n) is 1.55. The average molecular weight is 269 g/mol. The summed E-state index contributed by atoms with van der Waals surface area (Å²) < 4.78 is 15.6. The first-order valence-electron chi connectivity index (χ1n) is 6.37. The van der Waals surface area contributed by atoms with Crippen LogP contribution in [-0.4, -0.2) is 51.8 Å². The topological polar surface area (TPSA) is 60.0 Å². The zero-order valence-corrected chi connectivity index (χ0v) is 11.6. The van der Waals surface area contributed by atoms with Gasteiger partial charge >= 0.3 is 0 Å². The largest absolute Gasteiger partial charge is 0.491 e. The van der Waals surface area contributed by atoms with E-state index in [1.807, 2.05) is 31.3 Å². The quantitative estimate of drug-likeness (QED) is 0.616. The van der Waals surface area contributed by atoms with E-state index in [1.54, 1.807) is 7.11 Å². The molecule has 1 aromatic carbocycles. The minimum atomic E-state index is -0.634. The fourth-order valence-corrected chi connectivity index (χ4v) is 1.55. The summed E-state index contributed by atoms with van der Waals surface area (Å²) >= 11 is 0. The molecule has 0 radical (unpaired) electrons. The standard InChI is InChI=1S/C14H23NO4/c1-15-9-12-4-3-5-14(8-12)19-11-13(16)10-18-7-6-17-2/h3-5,8,13,15-16H,6-7,9-11H2,1-2H3. The van der Waals surface area contributed by atoms with Gasteiger partial charge in [0.05, 0.1) is 19.8 Å². The molecule has 0 heterocycles. The number of hydrogen-bond acceptors (Lipinski definition) is 5. The number of methoxy groups -OCH3 is 1. The molecule has 0 aliphatic rings. The predicted molar refractivity (Wildman–Crippen MR) is 73.4 cm³/mol. The molecule has 1 unspecified atom stereocenters. The van der Waals surface area contributed by atoms with Crippen molar-refractivity contribution < 1.29 is 19.3 Å². The number of hydrogen-bond donors (Lipinski definition) is 2. The number of rotatable bonds is 10. The molecule has 2 N–H and O–H groups in total. The molecule has 5 heteroatoms. The average Bonchev–Trinajstić information content (AvgIpc) is 2.42. The van der Waals surface area contributed by atoms with Crippen LogP contribution in [0.1, 0.15) is 5.56 Å². The lowest BCUT2D eigenvalue weighted by Crippen LogP contribution is -2.24. The van der Waals surface area contributed by atoms with E-state index in [4.69, 9.17) is 14.2 Å². The van der Waals surface area contributed by atoms with Crippen molar-refractivity contribution in [3.05, 3.63) is 29.8 Å². The van der Waals surface area contributed by atoms with Crippen molar-refractivity contribution >= 4 is 0 Å². The van der Waals surface area contributed by atoms with Gasteiger partial charge in [0.2, 0.25) is 0 Å². The molecule has 5 nitrogen and oxygen atoms in total. The summed E-state index contributed by atoms with van der Waals surface area (Å²) in [5, 5.41) is 12.8. The first-order valence-corrected chi connectivity index (χ1v) is 6.37. The van der Waals surface area contributed by atoms with Crippen molar-refractivity contribution in [2.75, 3.05) is 40.6 Å². The number of aliphatic hydroxyl groups excluding tert-OH is 1. The molecule has 0 saturated heterocycles. The molecular formula is C14H23NO4. The lowest BCUT2D eigenvalue weighted by Gasteiger charge is -2.13. The van der Waals surface area contributed by atoms with Crippen LogP contribution in [0.15, 0.2) is 24.3 Å². The Morgan fingerprint density at radius 1 is 1.26 bits per heavy atom. The first kappa shape index (κ1) is 15.9. The van der Waals surface area contributed by atoms with Gasteiger partial charge in [-0.15, -0.1) is 0 Å². The van der Waals surface area contributed by atoms with E-state index in [-0.39, 0.29) is 13.2 Å². The summed E-state index contributed by atoms with van der Waals surface area (Å²) in [5.41, 5.74) is 1.14. The van der Waals surface area contributed by atoms with Crippen molar-refractivity contribution in [3.8, 4) is 5.75 Å². The van der Waals surface area contributed by atoms with Crippen LogP contribution in [0, 0.1) is 0 Å². The minimum Gasteiger partial charge on any atom is -0.491 e. The maximum absolute atomic E-state index is 9.68. The van der Waals surface area contributed by atoms with Crippen LogP contribution in [0.3, 0.4) is 0 Å². The van der Waals surface area contributed by atoms with Crippen LogP contribution in [0.4, 0.5) is 0 Å². The molecule has 0 bridgehead atoms. The van der Waals surface area contributed by atoms with Gasteiger partial charge in [0.25, 0.3) is 0 Å². The van der Waals surface area contributed by atoms with Gasteiger partial charge < -0.3 is 24.6 Å². The van der Waals surface area contributed by atoms with E-state index in [0.29, 0.717) is 13.2 Å². The number of aliphatic hydroxyl groups is 1. The van der Waals surface area contributed by atoms with E-state index in [9.17, 15) is 5.11 Å². The number of ether oxygens (including phenoxy) is 3. The van der Waals surface area contributed by atoms with E-state index < -0.39 is 6.10 Å². The predicted octanol–water partition coefficient (Wildman–Crippen LogP) is 0.809. The Kier molecular flexibility index (Phi) is 8.16. The molecule has 1 atom stereocenters. The second-order valence-electron chi connectivity index (χ2n) is 4.21. The highest BCUT2D eigenvalue weighted by Crippen LogP contribution is 2.13. The van der Waals surface area contributed by atoms with Gasteiger partial charge in [0.15, 0.2) is 0 Å². The highest BCUT2D eigenvalue weighted by Gasteiger charge is 2.05. The van der Waals surface area contributed by atoms with Crippen molar-refractivity contribution in [1.29, 1.82) is 0 Å². The van der Waals surface area contributed by atoms with Gasteiger partial charge in [0.1, 0.15) is 18.5 Å². The third-order valence-electron chi connectivity index (χ3n) is 2.46. The Morgan fingerprint density at radius 3 is 2.84 bits per heavy atom. The normalized spacial score (nSPS) is 12.4. The number of nitrogens with one attached hydrogen (secondary N) is 1. The Morgan fingerprint density at radius 2 is 2.11 bits per heavy atom. The maximum Gasteiger partial charge on any atom is 0.119 e. The third kappa shape index (κ3) is 7.12. The highest BCUT2D eigenvalue weighted by atomic mass is 16.5. The summed E-state index contributed by atoms with van der Waals surface area (Å²) in [7, 11) is 3.51. The zero-order chi connectivity index (χ0) is 13.9. The summed E-state index contributed by atoms with van der Waals surface area (Å²) in [6.45, 7) is 2.26. The molecule has 1 rings (SSSR count). The van der Waals surface area contributed by atoms with Gasteiger partial charge in [-0.1, -0.05) is 12.1 Å². The first-order chi connectivity index (χ1) is 9.26. The molecule has 0 aliphatic heterocycles. The van der Waals surface area contributed by atoms with Crippen LogP contribution >= 0.6 is 0 Å². The maximum atomic E-state index is 9.68. The molecule has 0 amide bonds. The van der Waals surface area contributed by atoms with Crippen molar-refractivity contribution in [2.45, 2.75) is 12.6 Å². The number of benzene rings is 1. The van der Waals surface area contributed by atoms with Crippen molar-refractivity contribution in [1.82, 2.24) is 5.32 Å². The van der Waals surface area contributed by atoms with Crippen molar-refractivity contribution in [2.24, 2.45) is 0 Å². The lowest BCUT2D eigenvalue weighted by atomic mass is 10.2. The van der Waals surface area contributed by atoms with Crippen LogP contribution in [0.5, 0.6) is 5.75 Å². The van der Waals surface area contributed by atoms with Crippen LogP contribution in [0.2, 0.25) is 0 Å². The van der Waals surface area contributed by atoms with Crippen molar-refractivity contribution in [3.63, 3.8) is 0 Å². The summed E-state index contributed by atoms with van der Waals surface area (Å²) in [6.07, 6.45) is -0.634. The zero-order valence-electron chi connectivity index (χ0n) is 11.6. The Balaban J connectivity index is 2.25. The van der Waals surface area contributed by atoms with Gasteiger partial charge in [0, 0.05) is 13.7 Å². The molecule has 0 spiro atoms. The van der Waals surface area contributed by atoms with Gasteiger partial charge in [-0.25, -0.2) is 0 Å². The second kappa shape index (κ2) is 9.75. The highest BCUT2D eigenvalue weighted by molar-refractivity contribution is 5.28. The van der Waals surface area contributed by atoms with Gasteiger partial charge in [-0.2, -0.15) is 0 Å². The van der Waals surface area contributed by atoms with Crippen LogP contribution in [-0.2, 0) is 16.0 Å². The minimum absolute atomic E-state index is 0.218. The summed E-state index contributed by atoms with van der Waals surface area (Å²) in [6, 6.07) is 7.78. The monoisotopic (exact) mass is 269 g/mol. The molecule has 0 aliphatic carbocycles. The van der Waals surface area contributed by atoms with Crippen LogP contribution in [0.25, 0.3) is 0 Å².